The summed E-state index contributed by atoms with van der Waals surface area (Å²) in [6.45, 7) is 5.79. The van der Waals surface area contributed by atoms with Crippen LogP contribution in [-0.4, -0.2) is 16.3 Å². The van der Waals surface area contributed by atoms with Crippen LogP contribution in [0.1, 0.15) is 32.4 Å². The second-order valence-corrected chi connectivity index (χ2v) is 4.45. The summed E-state index contributed by atoms with van der Waals surface area (Å²) < 4.78 is 0. The normalized spacial score (nSPS) is 17.5. The van der Waals surface area contributed by atoms with E-state index in [1.165, 1.54) is 0 Å². The molecule has 0 heterocycles. The smallest absolute Gasteiger partial charge is 0.0840 e. The molecule has 0 aliphatic carbocycles. The molecule has 1 rings (SSSR count). The average molecular weight is 208 g/mol. The summed E-state index contributed by atoms with van der Waals surface area (Å²) >= 11 is 0. The van der Waals surface area contributed by atoms with E-state index in [4.69, 9.17) is 0 Å². The van der Waals surface area contributed by atoms with Crippen LogP contribution in [0.3, 0.4) is 0 Å². The number of aliphatic hydroxyl groups excluding tert-OH is 2. The third-order valence-corrected chi connectivity index (χ3v) is 2.86. The van der Waals surface area contributed by atoms with Crippen LogP contribution in [0.25, 0.3) is 0 Å². The van der Waals surface area contributed by atoms with Crippen molar-refractivity contribution in [2.75, 3.05) is 0 Å². The van der Waals surface area contributed by atoms with E-state index in [2.05, 4.69) is 0 Å². The fourth-order valence-electron chi connectivity index (χ4n) is 1.75. The van der Waals surface area contributed by atoms with Gasteiger partial charge in [-0.15, -0.1) is 0 Å². The second kappa shape index (κ2) is 5.29. The van der Waals surface area contributed by atoms with E-state index >= 15 is 0 Å². The molecule has 2 nitrogen and oxygen atoms in total. The molecule has 15 heavy (non-hydrogen) atoms. The van der Waals surface area contributed by atoms with Crippen molar-refractivity contribution in [1.82, 2.24) is 0 Å². The van der Waals surface area contributed by atoms with Gasteiger partial charge in [0.15, 0.2) is 0 Å². The van der Waals surface area contributed by atoms with Crippen molar-refractivity contribution in [3.8, 4) is 0 Å². The molecule has 0 saturated heterocycles. The van der Waals surface area contributed by atoms with Crippen molar-refractivity contribution in [1.29, 1.82) is 0 Å². The molecule has 0 fully saturated rings. The average Bonchev–Trinajstić information content (AvgIpc) is 2.27. The third kappa shape index (κ3) is 3.05. The highest BCUT2D eigenvalue weighted by atomic mass is 16.3. The van der Waals surface area contributed by atoms with Crippen molar-refractivity contribution in [3.05, 3.63) is 35.9 Å². The molecule has 0 aromatic heterocycles. The van der Waals surface area contributed by atoms with Gasteiger partial charge in [-0.2, -0.15) is 0 Å². The van der Waals surface area contributed by atoms with Gasteiger partial charge in [-0.25, -0.2) is 0 Å². The molecule has 0 aliphatic heterocycles. The lowest BCUT2D eigenvalue weighted by Gasteiger charge is -2.26. The van der Waals surface area contributed by atoms with Gasteiger partial charge in [-0.3, -0.25) is 0 Å². The first-order valence-corrected chi connectivity index (χ1v) is 5.45. The Hall–Kier alpha value is -0.860. The van der Waals surface area contributed by atoms with Gasteiger partial charge in [0, 0.05) is 5.92 Å². The summed E-state index contributed by atoms with van der Waals surface area (Å²) in [5.74, 6) is 0.0192. The minimum absolute atomic E-state index is 0.146. The zero-order valence-corrected chi connectivity index (χ0v) is 9.59. The molecule has 1 aromatic rings. The lowest BCUT2D eigenvalue weighted by atomic mass is 9.87. The number of rotatable bonds is 4. The largest absolute Gasteiger partial charge is 0.392 e. The topological polar surface area (TPSA) is 40.5 Å². The van der Waals surface area contributed by atoms with Crippen LogP contribution >= 0.6 is 0 Å². The van der Waals surface area contributed by atoms with Crippen LogP contribution in [0.2, 0.25) is 0 Å². The number of aliphatic hydroxyl groups is 2. The van der Waals surface area contributed by atoms with E-state index in [0.29, 0.717) is 0 Å². The Balaban J connectivity index is 2.73. The fourth-order valence-corrected chi connectivity index (χ4v) is 1.75. The molecule has 0 amide bonds. The summed E-state index contributed by atoms with van der Waals surface area (Å²) in [6.07, 6.45) is -1.07. The molecule has 0 saturated carbocycles. The fraction of sp³-hybridized carbons (Fsp3) is 0.538. The van der Waals surface area contributed by atoms with E-state index in [-0.39, 0.29) is 11.8 Å². The highest BCUT2D eigenvalue weighted by Gasteiger charge is 2.25. The maximum Gasteiger partial charge on any atom is 0.0840 e. The number of hydrogen-bond donors (Lipinski definition) is 2. The van der Waals surface area contributed by atoms with Crippen molar-refractivity contribution in [3.63, 3.8) is 0 Å². The maximum absolute atomic E-state index is 10.0. The molecule has 0 spiro atoms. The molecule has 2 N–H and O–H groups in total. The zero-order chi connectivity index (χ0) is 11.4. The number of benzene rings is 1. The molecule has 0 aliphatic rings. The zero-order valence-electron chi connectivity index (χ0n) is 9.59. The highest BCUT2D eigenvalue weighted by Crippen LogP contribution is 2.27. The summed E-state index contributed by atoms with van der Waals surface area (Å²) in [7, 11) is 0. The van der Waals surface area contributed by atoms with Crippen LogP contribution in [0, 0.1) is 11.8 Å². The third-order valence-electron chi connectivity index (χ3n) is 2.86. The van der Waals surface area contributed by atoms with Crippen molar-refractivity contribution < 1.29 is 10.2 Å². The van der Waals surface area contributed by atoms with Crippen LogP contribution in [0.4, 0.5) is 0 Å². The Morgan fingerprint density at radius 1 is 0.933 bits per heavy atom. The molecule has 0 unspecified atom stereocenters. The summed E-state index contributed by atoms with van der Waals surface area (Å²) in [4.78, 5) is 0. The van der Waals surface area contributed by atoms with Gasteiger partial charge in [0.25, 0.3) is 0 Å². The molecule has 0 radical (unpaired) electrons. The Morgan fingerprint density at radius 2 is 1.47 bits per heavy atom. The summed E-state index contributed by atoms with van der Waals surface area (Å²) in [6, 6.07) is 9.47. The van der Waals surface area contributed by atoms with E-state index in [9.17, 15) is 10.2 Å². The minimum atomic E-state index is -0.594. The Kier molecular flexibility index (Phi) is 4.30. The van der Waals surface area contributed by atoms with Crippen molar-refractivity contribution in [2.24, 2.45) is 11.8 Å². The van der Waals surface area contributed by atoms with Gasteiger partial charge in [-0.1, -0.05) is 51.1 Å². The standard InChI is InChI=1S/C13H20O2/c1-9(2)12(14)10(3)13(15)11-7-5-4-6-8-11/h4-10,12-15H,1-3H3/t10-,12+,13-/m1/s1. The Bertz CT molecular complexity index is 282. The van der Waals surface area contributed by atoms with Crippen molar-refractivity contribution in [2.45, 2.75) is 33.0 Å². The molecular formula is C13H20O2. The molecule has 0 bridgehead atoms. The van der Waals surface area contributed by atoms with Crippen LogP contribution in [0.15, 0.2) is 30.3 Å². The highest BCUT2D eigenvalue weighted by molar-refractivity contribution is 5.18. The lowest BCUT2D eigenvalue weighted by molar-refractivity contribution is -0.00309. The predicted octanol–water partition coefficient (Wildman–Crippen LogP) is 2.37. The second-order valence-electron chi connectivity index (χ2n) is 4.45. The Morgan fingerprint density at radius 3 is 1.93 bits per heavy atom. The SMILES string of the molecule is CC(C)[C@H](O)[C@@H](C)[C@@H](O)c1ccccc1. The molecule has 1 aromatic carbocycles. The summed E-state index contributed by atoms with van der Waals surface area (Å²) in [5, 5.41) is 19.9. The summed E-state index contributed by atoms with van der Waals surface area (Å²) in [5.41, 5.74) is 0.865. The van der Waals surface area contributed by atoms with Gasteiger partial charge < -0.3 is 10.2 Å². The molecule has 2 heteroatoms. The molecule has 3 atom stereocenters. The van der Waals surface area contributed by atoms with Gasteiger partial charge in [0.05, 0.1) is 12.2 Å². The first-order chi connectivity index (χ1) is 7.04. The van der Waals surface area contributed by atoms with E-state index in [1.807, 2.05) is 51.1 Å². The minimum Gasteiger partial charge on any atom is -0.392 e. The maximum atomic E-state index is 10.0. The van der Waals surface area contributed by atoms with E-state index < -0.39 is 12.2 Å². The van der Waals surface area contributed by atoms with Crippen LogP contribution in [-0.2, 0) is 0 Å². The molecular weight excluding hydrogens is 188 g/mol. The predicted molar refractivity (Wildman–Crippen MR) is 61.4 cm³/mol. The van der Waals surface area contributed by atoms with Crippen LogP contribution in [0.5, 0.6) is 0 Å². The first kappa shape index (κ1) is 12.2. The van der Waals surface area contributed by atoms with Gasteiger partial charge in [-0.05, 0) is 11.5 Å². The first-order valence-electron chi connectivity index (χ1n) is 5.45. The lowest BCUT2D eigenvalue weighted by Crippen LogP contribution is -2.28. The van der Waals surface area contributed by atoms with Crippen molar-refractivity contribution >= 4 is 0 Å². The Labute approximate surface area is 91.6 Å². The monoisotopic (exact) mass is 208 g/mol. The molecule has 84 valence electrons. The number of hydrogen-bond acceptors (Lipinski definition) is 2. The van der Waals surface area contributed by atoms with E-state index in [0.717, 1.165) is 5.56 Å². The van der Waals surface area contributed by atoms with Gasteiger partial charge >= 0.3 is 0 Å². The van der Waals surface area contributed by atoms with Gasteiger partial charge in [0.2, 0.25) is 0 Å². The quantitative estimate of drug-likeness (QED) is 0.797. The van der Waals surface area contributed by atoms with Gasteiger partial charge in [0.1, 0.15) is 0 Å². The van der Waals surface area contributed by atoms with E-state index in [1.54, 1.807) is 0 Å². The van der Waals surface area contributed by atoms with Crippen LogP contribution < -0.4 is 0 Å².